The predicted molar refractivity (Wildman–Crippen MR) is 68.2 cm³/mol. The van der Waals surface area contributed by atoms with Gasteiger partial charge in [0.15, 0.2) is 0 Å². The molecule has 0 radical (unpaired) electrons. The van der Waals surface area contributed by atoms with Crippen LogP contribution in [0.15, 0.2) is 24.3 Å². The summed E-state index contributed by atoms with van der Waals surface area (Å²) in [6.07, 6.45) is 2.43. The predicted octanol–water partition coefficient (Wildman–Crippen LogP) is 2.85. The summed E-state index contributed by atoms with van der Waals surface area (Å²) in [5.41, 5.74) is 1.38. The summed E-state index contributed by atoms with van der Waals surface area (Å²) >= 11 is 1.61. The summed E-state index contributed by atoms with van der Waals surface area (Å²) in [5, 5.41) is 0. The minimum Gasteiger partial charge on any atom is -0.327 e. The van der Waals surface area contributed by atoms with E-state index in [1.165, 1.54) is 16.9 Å². The monoisotopic (exact) mass is 245 g/mol. The molecule has 4 atom stereocenters. The SMILES string of the molecule is C=C1CC2CC1C1C2N1C(=O)c1ccc(C)s1. The highest BCUT2D eigenvalue weighted by atomic mass is 32.1. The number of amides is 1. The van der Waals surface area contributed by atoms with E-state index in [1.54, 1.807) is 11.3 Å². The van der Waals surface area contributed by atoms with Crippen LogP contribution < -0.4 is 0 Å². The van der Waals surface area contributed by atoms with Gasteiger partial charge in [0.25, 0.3) is 5.91 Å². The number of thiophene rings is 1. The molecule has 0 aromatic carbocycles. The van der Waals surface area contributed by atoms with Crippen molar-refractivity contribution in [3.8, 4) is 0 Å². The lowest BCUT2D eigenvalue weighted by molar-refractivity contribution is 0.0848. The molecule has 1 aliphatic heterocycles. The molecule has 0 spiro atoms. The van der Waals surface area contributed by atoms with E-state index in [1.807, 2.05) is 12.1 Å². The van der Waals surface area contributed by atoms with Gasteiger partial charge >= 0.3 is 0 Å². The summed E-state index contributed by atoms with van der Waals surface area (Å²) in [6, 6.07) is 5.04. The summed E-state index contributed by atoms with van der Waals surface area (Å²) in [6.45, 7) is 6.20. The topological polar surface area (TPSA) is 20.1 Å². The van der Waals surface area contributed by atoms with Gasteiger partial charge in [0, 0.05) is 10.8 Å². The van der Waals surface area contributed by atoms with Gasteiger partial charge in [-0.1, -0.05) is 12.2 Å². The molecule has 2 nitrogen and oxygen atoms in total. The van der Waals surface area contributed by atoms with E-state index < -0.39 is 0 Å². The summed E-state index contributed by atoms with van der Waals surface area (Å²) in [5.74, 6) is 1.57. The first-order valence-electron chi connectivity index (χ1n) is 6.23. The first kappa shape index (κ1) is 9.89. The number of aryl methyl sites for hydroxylation is 1. The second-order valence-corrected chi connectivity index (χ2v) is 6.86. The van der Waals surface area contributed by atoms with Crippen LogP contribution in [-0.4, -0.2) is 22.9 Å². The average Bonchev–Trinajstić information content (AvgIpc) is 2.62. The molecule has 2 heterocycles. The Morgan fingerprint density at radius 1 is 1.47 bits per heavy atom. The molecule has 1 aromatic rings. The third kappa shape index (κ3) is 1.18. The van der Waals surface area contributed by atoms with Gasteiger partial charge < -0.3 is 4.90 Å². The van der Waals surface area contributed by atoms with Crippen LogP contribution in [0.3, 0.4) is 0 Å². The van der Waals surface area contributed by atoms with E-state index in [9.17, 15) is 4.79 Å². The van der Waals surface area contributed by atoms with E-state index in [-0.39, 0.29) is 5.91 Å². The Bertz CT molecular complexity index is 532. The first-order chi connectivity index (χ1) is 8.16. The van der Waals surface area contributed by atoms with Crippen LogP contribution >= 0.6 is 11.3 Å². The molecular weight excluding hydrogens is 230 g/mol. The molecule has 0 N–H and O–H groups in total. The van der Waals surface area contributed by atoms with Crippen molar-refractivity contribution in [3.05, 3.63) is 34.0 Å². The number of hydrogen-bond donors (Lipinski definition) is 0. The maximum absolute atomic E-state index is 12.4. The smallest absolute Gasteiger partial charge is 0.264 e. The first-order valence-corrected chi connectivity index (χ1v) is 7.05. The molecular formula is C14H15NOS. The van der Waals surface area contributed by atoms with Gasteiger partial charge in [-0.25, -0.2) is 0 Å². The third-order valence-corrected chi connectivity index (χ3v) is 5.58. The van der Waals surface area contributed by atoms with E-state index in [0.29, 0.717) is 23.9 Å². The van der Waals surface area contributed by atoms with Crippen molar-refractivity contribution in [1.29, 1.82) is 0 Å². The maximum atomic E-state index is 12.4. The standard InChI is InChI=1S/C14H15NOS/c1-7-5-9-6-10(7)13-12(9)15(13)14(16)11-4-3-8(2)17-11/h3-4,9-10,12-13H,1,5-6H2,2H3. The van der Waals surface area contributed by atoms with E-state index in [2.05, 4.69) is 18.4 Å². The Morgan fingerprint density at radius 3 is 2.94 bits per heavy atom. The van der Waals surface area contributed by atoms with Crippen LogP contribution in [0.1, 0.15) is 27.4 Å². The zero-order valence-corrected chi connectivity index (χ0v) is 10.7. The summed E-state index contributed by atoms with van der Waals surface area (Å²) < 4.78 is 0. The molecule has 2 saturated carbocycles. The van der Waals surface area contributed by atoms with Gasteiger partial charge in [-0.3, -0.25) is 4.79 Å². The van der Waals surface area contributed by atoms with E-state index in [4.69, 9.17) is 0 Å². The highest BCUT2D eigenvalue weighted by molar-refractivity contribution is 7.13. The lowest BCUT2D eigenvalue weighted by Crippen LogP contribution is -2.19. The number of piperidine rings is 1. The van der Waals surface area contributed by atoms with Crippen molar-refractivity contribution < 1.29 is 4.79 Å². The zero-order chi connectivity index (χ0) is 11.7. The van der Waals surface area contributed by atoms with Crippen molar-refractivity contribution in [2.45, 2.75) is 31.8 Å². The van der Waals surface area contributed by atoms with Crippen LogP contribution in [0.4, 0.5) is 0 Å². The van der Waals surface area contributed by atoms with Gasteiger partial charge in [0.1, 0.15) is 0 Å². The van der Waals surface area contributed by atoms with E-state index >= 15 is 0 Å². The fourth-order valence-electron chi connectivity index (χ4n) is 3.86. The Hall–Kier alpha value is -1.09. The fraction of sp³-hybridized carbons (Fsp3) is 0.500. The molecule has 3 aliphatic rings. The van der Waals surface area contributed by atoms with Gasteiger partial charge in [-0.15, -0.1) is 11.3 Å². The molecule has 1 aromatic heterocycles. The van der Waals surface area contributed by atoms with Crippen LogP contribution in [0.25, 0.3) is 0 Å². The van der Waals surface area contributed by atoms with Crippen molar-refractivity contribution in [2.24, 2.45) is 11.8 Å². The number of nitrogens with zero attached hydrogens (tertiary/aromatic N) is 1. The van der Waals surface area contributed by atoms with Crippen LogP contribution in [0.2, 0.25) is 0 Å². The van der Waals surface area contributed by atoms with E-state index in [0.717, 1.165) is 11.3 Å². The second kappa shape index (κ2) is 3.02. The number of carbonyl (C=O) groups excluding carboxylic acids is 1. The summed E-state index contributed by atoms with van der Waals surface area (Å²) in [4.78, 5) is 16.6. The zero-order valence-electron chi connectivity index (χ0n) is 9.85. The number of hydrogen-bond acceptors (Lipinski definition) is 2. The molecule has 2 bridgehead atoms. The number of carbonyl (C=O) groups is 1. The van der Waals surface area contributed by atoms with Crippen molar-refractivity contribution in [2.75, 3.05) is 0 Å². The maximum Gasteiger partial charge on any atom is 0.264 e. The molecule has 17 heavy (non-hydrogen) atoms. The molecule has 4 rings (SSSR count). The molecule has 88 valence electrons. The highest BCUT2D eigenvalue weighted by Crippen LogP contribution is 2.60. The highest BCUT2D eigenvalue weighted by Gasteiger charge is 2.66. The number of fused-ring (bicyclic) bond motifs is 5. The Morgan fingerprint density at radius 2 is 2.29 bits per heavy atom. The lowest BCUT2D eigenvalue weighted by Gasteiger charge is -2.10. The van der Waals surface area contributed by atoms with Crippen molar-refractivity contribution in [3.63, 3.8) is 0 Å². The largest absolute Gasteiger partial charge is 0.327 e. The average molecular weight is 245 g/mol. The van der Waals surface area contributed by atoms with Crippen molar-refractivity contribution >= 4 is 17.2 Å². The number of rotatable bonds is 1. The Balaban J connectivity index is 1.60. The molecule has 1 saturated heterocycles. The minimum atomic E-state index is 0.252. The summed E-state index contributed by atoms with van der Waals surface area (Å²) in [7, 11) is 0. The molecule has 2 aliphatic carbocycles. The Labute approximate surface area is 105 Å². The van der Waals surface area contributed by atoms with Crippen LogP contribution in [0.5, 0.6) is 0 Å². The quantitative estimate of drug-likeness (QED) is 0.550. The van der Waals surface area contributed by atoms with Gasteiger partial charge in [-0.2, -0.15) is 0 Å². The normalized spacial score (nSPS) is 37.5. The number of likely N-dealkylation sites (tertiary alicyclic amines) is 1. The molecule has 1 amide bonds. The van der Waals surface area contributed by atoms with Gasteiger partial charge in [0.05, 0.1) is 17.0 Å². The molecule has 3 fully saturated rings. The molecule has 4 unspecified atom stereocenters. The van der Waals surface area contributed by atoms with Gasteiger partial charge in [-0.05, 0) is 37.8 Å². The van der Waals surface area contributed by atoms with Gasteiger partial charge in [0.2, 0.25) is 0 Å². The minimum absolute atomic E-state index is 0.252. The lowest BCUT2D eigenvalue weighted by atomic mass is 9.96. The Kier molecular flexibility index (Phi) is 1.76. The van der Waals surface area contributed by atoms with Crippen LogP contribution in [-0.2, 0) is 0 Å². The third-order valence-electron chi connectivity index (χ3n) is 4.59. The second-order valence-electron chi connectivity index (χ2n) is 5.57. The van der Waals surface area contributed by atoms with Crippen molar-refractivity contribution in [1.82, 2.24) is 4.90 Å². The molecule has 3 heteroatoms. The van der Waals surface area contributed by atoms with Crippen LogP contribution in [0, 0.1) is 18.8 Å². The fourth-order valence-corrected chi connectivity index (χ4v) is 4.67.